The number of aromatic nitrogens is 2. The molecule has 1 heterocycles. The first kappa shape index (κ1) is 14.2. The number of anilines is 1. The van der Waals surface area contributed by atoms with Gasteiger partial charge < -0.3 is 19.8 Å². The summed E-state index contributed by atoms with van der Waals surface area (Å²) < 4.78 is 12.5. The van der Waals surface area contributed by atoms with Gasteiger partial charge in [-0.3, -0.25) is 0 Å². The molecule has 0 radical (unpaired) electrons. The maximum atomic E-state index is 6.19. The first-order chi connectivity index (χ1) is 9.55. The molecule has 1 aromatic carbocycles. The highest BCUT2D eigenvalue weighted by atomic mass is 16.5. The highest BCUT2D eigenvalue weighted by Gasteiger charge is 2.13. The van der Waals surface area contributed by atoms with Crippen LogP contribution in [0.4, 0.5) is 5.82 Å². The van der Waals surface area contributed by atoms with Gasteiger partial charge in [0, 0.05) is 18.2 Å². The van der Waals surface area contributed by atoms with Crippen LogP contribution in [0.25, 0.3) is 11.3 Å². The van der Waals surface area contributed by atoms with Crippen molar-refractivity contribution >= 4 is 5.82 Å². The van der Waals surface area contributed by atoms with Gasteiger partial charge in [-0.05, 0) is 18.1 Å². The Balaban J connectivity index is 2.43. The topological polar surface area (TPSA) is 62.3 Å². The van der Waals surface area contributed by atoms with Gasteiger partial charge in [0.15, 0.2) is 0 Å². The summed E-state index contributed by atoms with van der Waals surface area (Å²) in [4.78, 5) is 4.42. The third-order valence-electron chi connectivity index (χ3n) is 3.06. The Kier molecular flexibility index (Phi) is 4.17. The van der Waals surface area contributed by atoms with Crippen molar-refractivity contribution in [2.45, 2.75) is 20.4 Å². The lowest BCUT2D eigenvalue weighted by Crippen LogP contribution is -2.06. The van der Waals surface area contributed by atoms with Crippen molar-refractivity contribution in [2.75, 3.05) is 20.0 Å². The molecule has 2 aromatic rings. The van der Waals surface area contributed by atoms with Gasteiger partial charge >= 0.3 is 0 Å². The van der Waals surface area contributed by atoms with E-state index in [1.54, 1.807) is 20.5 Å². The molecule has 0 unspecified atom stereocenters. The lowest BCUT2D eigenvalue weighted by molar-refractivity contribution is 0.394. The van der Waals surface area contributed by atoms with E-state index in [1.807, 2.05) is 22.8 Å². The van der Waals surface area contributed by atoms with E-state index < -0.39 is 0 Å². The zero-order valence-electron chi connectivity index (χ0n) is 12.4. The van der Waals surface area contributed by atoms with Gasteiger partial charge in [0.25, 0.3) is 0 Å². The van der Waals surface area contributed by atoms with Crippen molar-refractivity contribution in [1.82, 2.24) is 9.55 Å². The molecule has 0 spiro atoms. The summed E-state index contributed by atoms with van der Waals surface area (Å²) in [6.45, 7) is 5.14. The average molecular weight is 275 g/mol. The molecule has 0 amide bonds. The summed E-state index contributed by atoms with van der Waals surface area (Å²) >= 11 is 0. The number of rotatable bonds is 5. The number of methoxy groups -OCH3 is 2. The van der Waals surface area contributed by atoms with Gasteiger partial charge in [0.05, 0.1) is 20.5 Å². The molecule has 108 valence electrons. The van der Waals surface area contributed by atoms with E-state index in [4.69, 9.17) is 15.2 Å². The second kappa shape index (κ2) is 5.86. The summed E-state index contributed by atoms with van der Waals surface area (Å²) in [6, 6.07) is 5.63. The molecular weight excluding hydrogens is 254 g/mol. The van der Waals surface area contributed by atoms with Crippen molar-refractivity contribution in [1.29, 1.82) is 0 Å². The van der Waals surface area contributed by atoms with Crippen LogP contribution < -0.4 is 15.2 Å². The molecule has 2 N–H and O–H groups in total. The van der Waals surface area contributed by atoms with E-state index in [-0.39, 0.29) is 0 Å². The molecule has 1 aromatic heterocycles. The maximum absolute atomic E-state index is 6.19. The summed E-state index contributed by atoms with van der Waals surface area (Å²) in [5, 5.41) is 0. The molecule has 0 saturated carbocycles. The van der Waals surface area contributed by atoms with Crippen molar-refractivity contribution in [3.8, 4) is 22.8 Å². The number of hydrogen-bond acceptors (Lipinski definition) is 4. The molecule has 2 rings (SSSR count). The van der Waals surface area contributed by atoms with Crippen LogP contribution >= 0.6 is 0 Å². The Labute approximate surface area is 119 Å². The van der Waals surface area contributed by atoms with Crippen LogP contribution in [-0.4, -0.2) is 23.8 Å². The number of benzene rings is 1. The fraction of sp³-hybridized carbons (Fsp3) is 0.400. The largest absolute Gasteiger partial charge is 0.497 e. The quantitative estimate of drug-likeness (QED) is 0.911. The van der Waals surface area contributed by atoms with Crippen LogP contribution in [0.2, 0.25) is 0 Å². The van der Waals surface area contributed by atoms with Gasteiger partial charge in [0.1, 0.15) is 23.0 Å². The monoisotopic (exact) mass is 275 g/mol. The number of imidazole rings is 1. The second-order valence-corrected chi connectivity index (χ2v) is 5.13. The van der Waals surface area contributed by atoms with E-state index in [2.05, 4.69) is 18.8 Å². The molecule has 0 atom stereocenters. The average Bonchev–Trinajstić information content (AvgIpc) is 2.79. The minimum Gasteiger partial charge on any atom is -0.497 e. The van der Waals surface area contributed by atoms with Gasteiger partial charge in [-0.15, -0.1) is 0 Å². The zero-order valence-corrected chi connectivity index (χ0v) is 12.4. The van der Waals surface area contributed by atoms with Gasteiger partial charge in [0.2, 0.25) is 0 Å². The first-order valence-electron chi connectivity index (χ1n) is 6.59. The highest BCUT2D eigenvalue weighted by molar-refractivity contribution is 5.73. The fourth-order valence-electron chi connectivity index (χ4n) is 2.10. The number of hydrogen-bond donors (Lipinski definition) is 1. The molecule has 0 fully saturated rings. The van der Waals surface area contributed by atoms with Gasteiger partial charge in [-0.2, -0.15) is 0 Å². The Hall–Kier alpha value is -2.17. The Morgan fingerprint density at radius 1 is 1.15 bits per heavy atom. The molecular formula is C15H21N3O2. The van der Waals surface area contributed by atoms with E-state index in [1.165, 1.54) is 0 Å². The first-order valence-corrected chi connectivity index (χ1v) is 6.59. The van der Waals surface area contributed by atoms with Crippen LogP contribution in [0.1, 0.15) is 13.8 Å². The predicted molar refractivity (Wildman–Crippen MR) is 80.0 cm³/mol. The summed E-state index contributed by atoms with van der Waals surface area (Å²) in [6.07, 6.45) is 1.77. The standard InChI is InChI=1S/C15H21N3O2/c1-10(2)8-18-9-17-14(15(18)16)11-5-12(19-3)7-13(6-11)20-4/h5-7,9-10H,8,16H2,1-4H3. The zero-order chi connectivity index (χ0) is 14.7. The lowest BCUT2D eigenvalue weighted by Gasteiger charge is -2.10. The molecule has 0 aliphatic rings. The van der Waals surface area contributed by atoms with Crippen LogP contribution in [0.3, 0.4) is 0 Å². The van der Waals surface area contributed by atoms with Crippen molar-refractivity contribution in [2.24, 2.45) is 5.92 Å². The number of nitrogens with two attached hydrogens (primary N) is 1. The van der Waals surface area contributed by atoms with Crippen LogP contribution in [0.15, 0.2) is 24.5 Å². The minimum absolute atomic E-state index is 0.513. The van der Waals surface area contributed by atoms with E-state index in [0.717, 1.165) is 29.3 Å². The maximum Gasteiger partial charge on any atom is 0.131 e. The molecule has 0 bridgehead atoms. The SMILES string of the molecule is COc1cc(OC)cc(-c2ncn(CC(C)C)c2N)c1. The summed E-state index contributed by atoms with van der Waals surface area (Å²) in [5.74, 6) is 2.61. The molecule has 0 aliphatic heterocycles. The smallest absolute Gasteiger partial charge is 0.131 e. The highest BCUT2D eigenvalue weighted by Crippen LogP contribution is 2.32. The third kappa shape index (κ3) is 2.87. The minimum atomic E-state index is 0.513. The molecule has 5 heteroatoms. The van der Waals surface area contributed by atoms with E-state index >= 15 is 0 Å². The van der Waals surface area contributed by atoms with Crippen LogP contribution in [0.5, 0.6) is 11.5 Å². The van der Waals surface area contributed by atoms with Crippen molar-refractivity contribution in [3.63, 3.8) is 0 Å². The second-order valence-electron chi connectivity index (χ2n) is 5.13. The van der Waals surface area contributed by atoms with E-state index in [9.17, 15) is 0 Å². The van der Waals surface area contributed by atoms with Crippen molar-refractivity contribution in [3.05, 3.63) is 24.5 Å². The predicted octanol–water partition coefficient (Wildman–Crippen LogP) is 2.81. The lowest BCUT2D eigenvalue weighted by atomic mass is 10.1. The van der Waals surface area contributed by atoms with Crippen LogP contribution in [0, 0.1) is 5.92 Å². The Morgan fingerprint density at radius 2 is 1.75 bits per heavy atom. The van der Waals surface area contributed by atoms with E-state index in [0.29, 0.717) is 11.7 Å². The normalized spacial score (nSPS) is 10.8. The van der Waals surface area contributed by atoms with Gasteiger partial charge in [-0.25, -0.2) is 4.98 Å². The molecule has 0 aliphatic carbocycles. The third-order valence-corrected chi connectivity index (χ3v) is 3.06. The fourth-order valence-corrected chi connectivity index (χ4v) is 2.10. The molecule has 20 heavy (non-hydrogen) atoms. The summed E-state index contributed by atoms with van der Waals surface area (Å²) in [7, 11) is 3.25. The molecule has 5 nitrogen and oxygen atoms in total. The molecule has 0 saturated heterocycles. The summed E-state index contributed by atoms with van der Waals surface area (Å²) in [5.41, 5.74) is 7.83. The number of nitrogens with zero attached hydrogens (tertiary/aromatic N) is 2. The Morgan fingerprint density at radius 3 is 2.25 bits per heavy atom. The van der Waals surface area contributed by atoms with Gasteiger partial charge in [-0.1, -0.05) is 13.8 Å². The van der Waals surface area contributed by atoms with Crippen LogP contribution in [-0.2, 0) is 6.54 Å². The number of ether oxygens (including phenoxy) is 2. The van der Waals surface area contributed by atoms with Crippen molar-refractivity contribution < 1.29 is 9.47 Å². The Bertz CT molecular complexity index is 569. The number of nitrogen functional groups attached to an aromatic ring is 1.